The van der Waals surface area contributed by atoms with Crippen molar-refractivity contribution in [3.8, 4) is 89.5 Å². The van der Waals surface area contributed by atoms with E-state index >= 15 is 0 Å². The highest BCUT2D eigenvalue weighted by Crippen LogP contribution is 2.55. The Bertz CT molecular complexity index is 6290. The Kier molecular flexibility index (Phi) is 12.6. The van der Waals surface area contributed by atoms with Crippen LogP contribution in [0.5, 0.6) is 0 Å². The zero-order chi connectivity index (χ0) is 63.5. The highest BCUT2D eigenvalue weighted by Gasteiger charge is 2.36. The van der Waals surface area contributed by atoms with Crippen molar-refractivity contribution in [3.63, 3.8) is 0 Å². The average Bonchev–Trinajstić information content (AvgIpc) is 1.42. The van der Waals surface area contributed by atoms with Gasteiger partial charge in [0.25, 0.3) is 0 Å². The van der Waals surface area contributed by atoms with E-state index in [-0.39, 0.29) is 0 Å². The minimum absolute atomic E-state index is 0.918. The molecule has 19 rings (SSSR count). The zero-order valence-electron chi connectivity index (χ0n) is 52.9. The maximum Gasteiger partial charge on any atom is 0.0961 e. The number of aryl methyl sites for hydroxylation is 2. The molecule has 0 bridgehead atoms. The minimum atomic E-state index is 0.918. The third-order valence-electron chi connectivity index (χ3n) is 19.7. The molecule has 0 N–H and O–H groups in total. The van der Waals surface area contributed by atoms with Gasteiger partial charge in [-0.25, -0.2) is 0 Å². The average molecular weight is 1230 g/mol. The van der Waals surface area contributed by atoms with Crippen LogP contribution in [0, 0.1) is 13.8 Å². The highest BCUT2D eigenvalue weighted by atomic mass is 15.1. The van der Waals surface area contributed by atoms with Crippen LogP contribution in [0.15, 0.2) is 328 Å². The van der Waals surface area contributed by atoms with Gasteiger partial charge in [-0.3, -0.25) is 9.97 Å². The van der Waals surface area contributed by atoms with E-state index < -0.39 is 0 Å². The molecule has 0 aliphatic rings. The summed E-state index contributed by atoms with van der Waals surface area (Å²) in [7, 11) is 0. The maximum atomic E-state index is 5.21. The first-order valence-electron chi connectivity index (χ1n) is 32.9. The van der Waals surface area contributed by atoms with E-state index in [2.05, 4.69) is 354 Å². The molecule has 0 saturated heterocycles. The molecule has 6 heteroatoms. The second-order valence-corrected chi connectivity index (χ2v) is 25.3. The number of benzene rings is 13. The van der Waals surface area contributed by atoms with Crippen molar-refractivity contribution in [2.75, 3.05) is 0 Å². The number of hydrogen-bond donors (Lipinski definition) is 0. The van der Waals surface area contributed by atoms with Gasteiger partial charge in [0.2, 0.25) is 0 Å². The highest BCUT2D eigenvalue weighted by molar-refractivity contribution is 6.20. The van der Waals surface area contributed by atoms with Gasteiger partial charge in [-0.2, -0.15) is 0 Å². The van der Waals surface area contributed by atoms with Crippen LogP contribution in [0.2, 0.25) is 0 Å². The lowest BCUT2D eigenvalue weighted by Crippen LogP contribution is -2.16. The number of aromatic nitrogens is 6. The molecule has 0 radical (unpaired) electrons. The summed E-state index contributed by atoms with van der Waals surface area (Å²) in [4.78, 5) is 10.4. The molecule has 450 valence electrons. The SMILES string of the molecule is Cc1cc(-c2c(-n3c4ccccc4c4cc(-c5ccccc5)ccc43)c(-c3cccnc3)c(-n3c4ccccc4c4cc(-c5ccccc5)ccc43)c(-n3c4ccccc4c4cc(-c5ccccc5)ccc43)c2-n2c3ccccc3c3cc(-c4ccccc4)ccc32)cc(C)n1. The lowest BCUT2D eigenvalue weighted by Gasteiger charge is -2.31. The summed E-state index contributed by atoms with van der Waals surface area (Å²) in [5.74, 6) is 0. The molecule has 6 aromatic heterocycles. The summed E-state index contributed by atoms with van der Waals surface area (Å²) in [5.41, 5.74) is 27.7. The van der Waals surface area contributed by atoms with Gasteiger partial charge in [-0.15, -0.1) is 0 Å². The second kappa shape index (κ2) is 22.0. The van der Waals surface area contributed by atoms with E-state index in [1.807, 2.05) is 6.20 Å². The molecule has 0 saturated carbocycles. The molecule has 0 aliphatic heterocycles. The summed E-state index contributed by atoms with van der Waals surface area (Å²) >= 11 is 0. The molecular formula is C90H60N6. The van der Waals surface area contributed by atoms with Crippen LogP contribution >= 0.6 is 0 Å². The number of fused-ring (bicyclic) bond motifs is 12. The predicted molar refractivity (Wildman–Crippen MR) is 401 cm³/mol. The number of pyridine rings is 2. The standard InChI is InChI=1S/C90H60N6/c1-57-50-68(51-58(2)92-57)86-87(93-77-37-19-15-33-69(77)73-52-63(41-45-81(73)93)59-24-7-3-8-25-59)85(67-32-23-49-91-56-67)88(94-78-38-20-16-34-70(78)74-53-64(42-46-82(74)94)60-26-9-4-10-27-60)90(96-80-40-22-18-36-72(80)76-55-66(44-48-84(76)96)62-30-13-6-14-31-62)89(86)95-79-39-21-17-35-71(79)75-54-65(43-47-83(75)95)61-28-11-5-12-29-61/h3-56H,1-2H3. The summed E-state index contributed by atoms with van der Waals surface area (Å²) in [6.07, 6.45) is 4.00. The number of nitrogens with zero attached hydrogens (tertiary/aromatic N) is 6. The Balaban J connectivity index is 1.12. The molecule has 0 fully saturated rings. The van der Waals surface area contributed by atoms with Crippen LogP contribution in [0.1, 0.15) is 11.4 Å². The molecule has 0 amide bonds. The topological polar surface area (TPSA) is 45.5 Å². The van der Waals surface area contributed by atoms with Crippen molar-refractivity contribution < 1.29 is 0 Å². The third-order valence-corrected chi connectivity index (χ3v) is 19.7. The van der Waals surface area contributed by atoms with Crippen LogP contribution in [-0.2, 0) is 0 Å². The Labute approximate surface area is 554 Å². The van der Waals surface area contributed by atoms with Gasteiger partial charge in [0.05, 0.1) is 66.9 Å². The fourth-order valence-corrected chi connectivity index (χ4v) is 15.7. The van der Waals surface area contributed by atoms with Gasteiger partial charge in [0.1, 0.15) is 0 Å². The molecule has 0 atom stereocenters. The van der Waals surface area contributed by atoms with Crippen molar-refractivity contribution in [2.45, 2.75) is 13.8 Å². The summed E-state index contributed by atoms with van der Waals surface area (Å²) in [6.45, 7) is 4.28. The van der Waals surface area contributed by atoms with Gasteiger partial charge >= 0.3 is 0 Å². The molecule has 19 aromatic rings. The van der Waals surface area contributed by atoms with Crippen LogP contribution in [0.25, 0.3) is 177 Å². The van der Waals surface area contributed by atoms with Gasteiger partial charge in [-0.05, 0) is 155 Å². The van der Waals surface area contributed by atoms with E-state index in [0.29, 0.717) is 0 Å². The first-order valence-corrected chi connectivity index (χ1v) is 32.9. The van der Waals surface area contributed by atoms with Crippen molar-refractivity contribution in [2.24, 2.45) is 0 Å². The molecule has 0 spiro atoms. The first kappa shape index (κ1) is 55.0. The van der Waals surface area contributed by atoms with Crippen molar-refractivity contribution in [1.82, 2.24) is 28.2 Å². The van der Waals surface area contributed by atoms with E-state index in [1.165, 1.54) is 0 Å². The summed E-state index contributed by atoms with van der Waals surface area (Å²) in [6, 6.07) is 117. The van der Waals surface area contributed by atoms with Crippen LogP contribution in [0.3, 0.4) is 0 Å². The Morgan fingerprint density at radius 3 is 0.823 bits per heavy atom. The van der Waals surface area contributed by atoms with E-state index in [0.717, 1.165) is 188 Å². The van der Waals surface area contributed by atoms with Gasteiger partial charge < -0.3 is 18.3 Å². The molecule has 6 nitrogen and oxygen atoms in total. The smallest absolute Gasteiger partial charge is 0.0961 e. The number of hydrogen-bond acceptors (Lipinski definition) is 2. The van der Waals surface area contributed by atoms with E-state index in [1.54, 1.807) is 0 Å². The molecule has 6 heterocycles. The number of rotatable bonds is 10. The fourth-order valence-electron chi connectivity index (χ4n) is 15.7. The van der Waals surface area contributed by atoms with Gasteiger partial charge in [0.15, 0.2) is 0 Å². The van der Waals surface area contributed by atoms with Crippen LogP contribution in [0.4, 0.5) is 0 Å². The lowest BCUT2D eigenvalue weighted by atomic mass is 9.90. The second-order valence-electron chi connectivity index (χ2n) is 25.3. The van der Waals surface area contributed by atoms with Crippen LogP contribution in [-0.4, -0.2) is 28.2 Å². The van der Waals surface area contributed by atoms with E-state index in [9.17, 15) is 0 Å². The van der Waals surface area contributed by atoms with Crippen molar-refractivity contribution in [3.05, 3.63) is 339 Å². The van der Waals surface area contributed by atoms with E-state index in [4.69, 9.17) is 9.97 Å². The monoisotopic (exact) mass is 1220 g/mol. The molecule has 96 heavy (non-hydrogen) atoms. The zero-order valence-corrected chi connectivity index (χ0v) is 52.9. The Morgan fingerprint density at radius 2 is 0.490 bits per heavy atom. The minimum Gasteiger partial charge on any atom is -0.308 e. The first-order chi connectivity index (χ1) is 47.5. The molecule has 0 aliphatic carbocycles. The van der Waals surface area contributed by atoms with Crippen LogP contribution < -0.4 is 0 Å². The largest absolute Gasteiger partial charge is 0.308 e. The lowest BCUT2D eigenvalue weighted by molar-refractivity contribution is 1.04. The Hall–Kier alpha value is -12.6. The van der Waals surface area contributed by atoms with Gasteiger partial charge in [-0.1, -0.05) is 224 Å². The molecular weight excluding hydrogens is 1170 g/mol. The molecule has 13 aromatic carbocycles. The quantitative estimate of drug-likeness (QED) is 0.137. The maximum absolute atomic E-state index is 5.21. The normalized spacial score (nSPS) is 11.9. The fraction of sp³-hybridized carbons (Fsp3) is 0.0222. The predicted octanol–water partition coefficient (Wildman–Crippen LogP) is 23.5. The summed E-state index contributed by atoms with van der Waals surface area (Å²) in [5, 5.41) is 9.18. The summed E-state index contributed by atoms with van der Waals surface area (Å²) < 4.78 is 10.4. The van der Waals surface area contributed by atoms with Crippen molar-refractivity contribution in [1.29, 1.82) is 0 Å². The van der Waals surface area contributed by atoms with Crippen molar-refractivity contribution >= 4 is 87.2 Å². The molecule has 0 unspecified atom stereocenters. The Morgan fingerprint density at radius 1 is 0.208 bits per heavy atom. The van der Waals surface area contributed by atoms with Gasteiger partial charge in [0, 0.05) is 83.6 Å². The number of para-hydroxylation sites is 4. The third kappa shape index (κ3) is 8.59.